The molecule has 0 aliphatic carbocycles. The van der Waals surface area contributed by atoms with Crippen molar-refractivity contribution in [1.82, 2.24) is 4.90 Å². The standard InChI is InChI=1S/C17H16ClFN2O3/c1-21(2)10-15(22)11-4-3-5-13(8-11)20-17(23)24-16-7-6-12(19)9-14(16)18/h3-9H,10H2,1-2H3,(H,20,23). The van der Waals surface area contributed by atoms with Crippen molar-refractivity contribution in [3.63, 3.8) is 0 Å². The number of hydrogen-bond acceptors (Lipinski definition) is 4. The van der Waals surface area contributed by atoms with E-state index in [1.54, 1.807) is 43.3 Å². The molecule has 2 aromatic carbocycles. The van der Waals surface area contributed by atoms with E-state index in [4.69, 9.17) is 16.3 Å². The van der Waals surface area contributed by atoms with Crippen molar-refractivity contribution in [1.29, 1.82) is 0 Å². The van der Waals surface area contributed by atoms with Crippen LogP contribution >= 0.6 is 11.6 Å². The number of carbonyl (C=O) groups is 2. The highest BCUT2D eigenvalue weighted by molar-refractivity contribution is 6.32. The van der Waals surface area contributed by atoms with Crippen LogP contribution in [0, 0.1) is 5.82 Å². The number of ketones is 1. The first-order valence-corrected chi connectivity index (χ1v) is 7.45. The molecule has 1 amide bonds. The Hall–Kier alpha value is -2.44. The molecule has 1 N–H and O–H groups in total. The number of ether oxygens (including phenoxy) is 1. The predicted molar refractivity (Wildman–Crippen MR) is 90.4 cm³/mol. The third-order valence-electron chi connectivity index (χ3n) is 2.99. The molecule has 7 heteroatoms. The molecule has 0 aromatic heterocycles. The van der Waals surface area contributed by atoms with Gasteiger partial charge in [0.05, 0.1) is 11.6 Å². The zero-order valence-electron chi connectivity index (χ0n) is 13.2. The number of halogens is 2. The van der Waals surface area contributed by atoms with E-state index in [1.165, 1.54) is 6.07 Å². The Kier molecular flexibility index (Phi) is 5.89. The van der Waals surface area contributed by atoms with Gasteiger partial charge in [-0.25, -0.2) is 9.18 Å². The van der Waals surface area contributed by atoms with Crippen LogP contribution in [0.3, 0.4) is 0 Å². The number of rotatable bonds is 5. The van der Waals surface area contributed by atoms with Gasteiger partial charge in [0.2, 0.25) is 0 Å². The van der Waals surface area contributed by atoms with Crippen LogP contribution in [0.5, 0.6) is 5.75 Å². The summed E-state index contributed by atoms with van der Waals surface area (Å²) < 4.78 is 18.0. The molecule has 2 aromatic rings. The molecule has 0 bridgehead atoms. The fourth-order valence-electron chi connectivity index (χ4n) is 1.95. The molecule has 0 heterocycles. The summed E-state index contributed by atoms with van der Waals surface area (Å²) in [5, 5.41) is 2.49. The molecule has 5 nitrogen and oxygen atoms in total. The minimum Gasteiger partial charge on any atom is -0.408 e. The Morgan fingerprint density at radius 3 is 2.62 bits per heavy atom. The molecular formula is C17H16ClFN2O3. The first kappa shape index (κ1) is 17.9. The van der Waals surface area contributed by atoms with Crippen molar-refractivity contribution in [2.75, 3.05) is 26.0 Å². The molecule has 0 radical (unpaired) electrons. The SMILES string of the molecule is CN(C)CC(=O)c1cccc(NC(=O)Oc2ccc(F)cc2Cl)c1. The Labute approximate surface area is 144 Å². The average molecular weight is 351 g/mol. The van der Waals surface area contributed by atoms with Crippen molar-refractivity contribution in [3.8, 4) is 5.75 Å². The number of likely N-dealkylation sites (N-methyl/N-ethyl adjacent to an activating group) is 1. The highest BCUT2D eigenvalue weighted by atomic mass is 35.5. The van der Waals surface area contributed by atoms with Gasteiger partial charge in [-0.05, 0) is 44.4 Å². The van der Waals surface area contributed by atoms with E-state index < -0.39 is 11.9 Å². The third kappa shape index (κ3) is 5.04. The van der Waals surface area contributed by atoms with Gasteiger partial charge in [0.25, 0.3) is 0 Å². The number of amides is 1. The van der Waals surface area contributed by atoms with Gasteiger partial charge < -0.3 is 9.64 Å². The van der Waals surface area contributed by atoms with Crippen molar-refractivity contribution >= 4 is 29.2 Å². The van der Waals surface area contributed by atoms with Crippen LogP contribution in [0.25, 0.3) is 0 Å². The Bertz CT molecular complexity index is 765. The van der Waals surface area contributed by atoms with E-state index in [-0.39, 0.29) is 23.1 Å². The van der Waals surface area contributed by atoms with Crippen molar-refractivity contribution in [3.05, 3.63) is 58.9 Å². The summed E-state index contributed by atoms with van der Waals surface area (Å²) >= 11 is 5.80. The minimum absolute atomic E-state index is 0.0138. The lowest BCUT2D eigenvalue weighted by Crippen LogP contribution is -2.22. The topological polar surface area (TPSA) is 58.6 Å². The summed E-state index contributed by atoms with van der Waals surface area (Å²) in [6.07, 6.45) is -0.791. The third-order valence-corrected chi connectivity index (χ3v) is 3.28. The number of nitrogens with one attached hydrogen (secondary N) is 1. The number of benzene rings is 2. The van der Waals surface area contributed by atoms with E-state index in [0.29, 0.717) is 11.3 Å². The molecule has 126 valence electrons. The second-order valence-corrected chi connectivity index (χ2v) is 5.74. The van der Waals surface area contributed by atoms with Crippen LogP contribution < -0.4 is 10.1 Å². The van der Waals surface area contributed by atoms with Gasteiger partial charge in [-0.15, -0.1) is 0 Å². The fraction of sp³-hybridized carbons (Fsp3) is 0.176. The highest BCUT2D eigenvalue weighted by Crippen LogP contribution is 2.25. The maximum Gasteiger partial charge on any atom is 0.417 e. The lowest BCUT2D eigenvalue weighted by molar-refractivity contribution is 0.0958. The van der Waals surface area contributed by atoms with Crippen LogP contribution in [-0.4, -0.2) is 37.4 Å². The number of nitrogens with zero attached hydrogens (tertiary/aromatic N) is 1. The monoisotopic (exact) mass is 350 g/mol. The van der Waals surface area contributed by atoms with Gasteiger partial charge in [0, 0.05) is 11.3 Å². The lowest BCUT2D eigenvalue weighted by Gasteiger charge is -2.10. The molecule has 0 atom stereocenters. The molecule has 2 rings (SSSR count). The Morgan fingerprint density at radius 1 is 1.21 bits per heavy atom. The maximum absolute atomic E-state index is 13.0. The van der Waals surface area contributed by atoms with E-state index in [9.17, 15) is 14.0 Å². The summed E-state index contributed by atoms with van der Waals surface area (Å²) in [5.41, 5.74) is 0.879. The molecule has 0 spiro atoms. The number of anilines is 1. The summed E-state index contributed by atoms with van der Waals surface area (Å²) in [6.45, 7) is 0.263. The molecule has 0 aliphatic heterocycles. The summed E-state index contributed by atoms with van der Waals surface area (Å²) in [7, 11) is 3.59. The van der Waals surface area contributed by atoms with Crippen molar-refractivity contribution < 1.29 is 18.7 Å². The normalized spacial score (nSPS) is 10.5. The van der Waals surface area contributed by atoms with Crippen LogP contribution in [0.2, 0.25) is 5.02 Å². The highest BCUT2D eigenvalue weighted by Gasteiger charge is 2.11. The van der Waals surface area contributed by atoms with Crippen LogP contribution in [0.15, 0.2) is 42.5 Å². The molecule has 0 fully saturated rings. The largest absolute Gasteiger partial charge is 0.417 e. The fourth-order valence-corrected chi connectivity index (χ4v) is 2.16. The second kappa shape index (κ2) is 7.90. The first-order chi connectivity index (χ1) is 11.3. The van der Waals surface area contributed by atoms with Gasteiger partial charge in [-0.2, -0.15) is 0 Å². The zero-order chi connectivity index (χ0) is 17.7. The first-order valence-electron chi connectivity index (χ1n) is 7.07. The van der Waals surface area contributed by atoms with E-state index in [1.807, 2.05) is 0 Å². The molecule has 0 aliphatic rings. The minimum atomic E-state index is -0.791. The molecule has 0 unspecified atom stereocenters. The summed E-state index contributed by atoms with van der Waals surface area (Å²) in [5.74, 6) is -0.561. The van der Waals surface area contributed by atoms with Gasteiger partial charge >= 0.3 is 6.09 Å². The molecule has 0 saturated carbocycles. The lowest BCUT2D eigenvalue weighted by atomic mass is 10.1. The van der Waals surface area contributed by atoms with Gasteiger partial charge in [-0.3, -0.25) is 10.1 Å². The van der Waals surface area contributed by atoms with E-state index in [2.05, 4.69) is 5.32 Å². The summed E-state index contributed by atoms with van der Waals surface area (Å²) in [4.78, 5) is 25.7. The number of hydrogen-bond donors (Lipinski definition) is 1. The predicted octanol–water partition coefficient (Wildman–Crippen LogP) is 3.83. The number of carbonyl (C=O) groups excluding carboxylic acids is 2. The maximum atomic E-state index is 13.0. The van der Waals surface area contributed by atoms with E-state index >= 15 is 0 Å². The van der Waals surface area contributed by atoms with Crippen molar-refractivity contribution in [2.24, 2.45) is 0 Å². The summed E-state index contributed by atoms with van der Waals surface area (Å²) in [6, 6.07) is 9.94. The molecule has 0 saturated heterocycles. The second-order valence-electron chi connectivity index (χ2n) is 5.33. The van der Waals surface area contributed by atoms with Crippen LogP contribution in [0.4, 0.5) is 14.9 Å². The quantitative estimate of drug-likeness (QED) is 0.832. The van der Waals surface area contributed by atoms with Crippen molar-refractivity contribution in [2.45, 2.75) is 0 Å². The van der Waals surface area contributed by atoms with Gasteiger partial charge in [-0.1, -0.05) is 23.7 Å². The molecular weight excluding hydrogens is 335 g/mol. The Balaban J connectivity index is 2.05. The van der Waals surface area contributed by atoms with Gasteiger partial charge in [0.15, 0.2) is 11.5 Å². The Morgan fingerprint density at radius 2 is 1.96 bits per heavy atom. The smallest absolute Gasteiger partial charge is 0.408 e. The average Bonchev–Trinajstić information content (AvgIpc) is 2.49. The van der Waals surface area contributed by atoms with Crippen LogP contribution in [0.1, 0.15) is 10.4 Å². The van der Waals surface area contributed by atoms with Crippen LogP contribution in [-0.2, 0) is 0 Å². The van der Waals surface area contributed by atoms with E-state index in [0.717, 1.165) is 12.1 Å². The zero-order valence-corrected chi connectivity index (χ0v) is 13.9. The molecule has 24 heavy (non-hydrogen) atoms. The van der Waals surface area contributed by atoms with Gasteiger partial charge in [0.1, 0.15) is 5.82 Å². The number of Topliss-reactive ketones (excluding diaryl/α,β-unsaturated/α-hetero) is 1.